The van der Waals surface area contributed by atoms with Gasteiger partial charge in [0, 0.05) is 5.57 Å². The van der Waals surface area contributed by atoms with Crippen LogP contribution in [0.3, 0.4) is 0 Å². The van der Waals surface area contributed by atoms with E-state index in [1.54, 1.807) is 26.0 Å². The zero-order chi connectivity index (χ0) is 28.3. The first-order chi connectivity index (χ1) is 17.9. The predicted molar refractivity (Wildman–Crippen MR) is 130 cm³/mol. The van der Waals surface area contributed by atoms with Crippen LogP contribution in [0, 0.1) is 5.92 Å². The van der Waals surface area contributed by atoms with Crippen LogP contribution in [0.25, 0.3) is 0 Å². The van der Waals surface area contributed by atoms with E-state index in [-0.39, 0.29) is 25.0 Å². The van der Waals surface area contributed by atoms with E-state index >= 15 is 0 Å². The number of hydrogen-bond donors (Lipinski definition) is 6. The number of esters is 1. The molecule has 0 radical (unpaired) electrons. The number of fused-ring (bicyclic) bond motifs is 1. The standard InChI is InChI=1S/C26H38O12/c1-14(7-10-27)5-4-6-15(2)22(33)38-25(3)8-9-26(34)16(11-28)13-35-24(21(25)26)37-23-20(32)19(31)18(30)17(12-29)36-23/h6-7,11,13,17-21,23-24,27,29-32,34H,4-5,8-10,12H2,1-3H3/b14-7+,15-6+/t17-,18-,19+,20-,21-,23+,24+,25+,26+/m1/s1. The van der Waals surface area contributed by atoms with Crippen molar-refractivity contribution < 1.29 is 59.2 Å². The molecule has 6 N–H and O–H groups in total. The van der Waals surface area contributed by atoms with E-state index in [1.807, 2.05) is 6.92 Å². The number of carbonyl (C=O) groups is 2. The second kappa shape index (κ2) is 12.3. The maximum absolute atomic E-state index is 13.0. The Balaban J connectivity index is 1.82. The largest absolute Gasteiger partial charge is 0.471 e. The maximum atomic E-state index is 13.0. The van der Waals surface area contributed by atoms with Crippen molar-refractivity contribution >= 4 is 12.3 Å². The van der Waals surface area contributed by atoms with E-state index in [2.05, 4.69) is 0 Å². The van der Waals surface area contributed by atoms with E-state index in [4.69, 9.17) is 24.1 Å². The minimum Gasteiger partial charge on any atom is -0.471 e. The van der Waals surface area contributed by atoms with Crippen LogP contribution in [-0.2, 0) is 28.5 Å². The summed E-state index contributed by atoms with van der Waals surface area (Å²) in [6.45, 7) is 4.30. The highest BCUT2D eigenvalue weighted by molar-refractivity contribution is 5.88. The van der Waals surface area contributed by atoms with Gasteiger partial charge in [-0.2, -0.15) is 0 Å². The molecular weight excluding hydrogens is 504 g/mol. The molecular formula is C26H38O12. The van der Waals surface area contributed by atoms with Gasteiger partial charge in [-0.05, 0) is 46.5 Å². The summed E-state index contributed by atoms with van der Waals surface area (Å²) >= 11 is 0. The van der Waals surface area contributed by atoms with Gasteiger partial charge in [-0.15, -0.1) is 0 Å². The Morgan fingerprint density at radius 3 is 2.45 bits per heavy atom. The Morgan fingerprint density at radius 2 is 1.82 bits per heavy atom. The summed E-state index contributed by atoms with van der Waals surface area (Å²) in [5.74, 6) is -1.78. The molecule has 214 valence electrons. The topological polar surface area (TPSA) is 192 Å². The van der Waals surface area contributed by atoms with Crippen molar-refractivity contribution in [2.45, 2.75) is 94.7 Å². The van der Waals surface area contributed by atoms with Crippen molar-refractivity contribution in [1.29, 1.82) is 0 Å². The summed E-state index contributed by atoms with van der Waals surface area (Å²) in [5, 5.41) is 60.6. The van der Waals surface area contributed by atoms with Crippen LogP contribution in [0.5, 0.6) is 0 Å². The predicted octanol–water partition coefficient (Wildman–Crippen LogP) is -0.650. The number of aldehydes is 1. The monoisotopic (exact) mass is 542 g/mol. The van der Waals surface area contributed by atoms with Crippen LogP contribution in [0.1, 0.15) is 46.5 Å². The molecule has 0 bridgehead atoms. The third-order valence-electron chi connectivity index (χ3n) is 7.60. The fourth-order valence-corrected chi connectivity index (χ4v) is 5.23. The lowest BCUT2D eigenvalue weighted by Gasteiger charge is -2.46. The first kappa shape index (κ1) is 30.4. The Kier molecular flexibility index (Phi) is 9.87. The van der Waals surface area contributed by atoms with Gasteiger partial charge < -0.3 is 49.6 Å². The Hall–Kier alpha value is -2.16. The molecule has 2 heterocycles. The molecule has 3 aliphatic rings. The summed E-state index contributed by atoms with van der Waals surface area (Å²) in [5.41, 5.74) is -1.95. The fraction of sp³-hybridized carbons (Fsp3) is 0.692. The van der Waals surface area contributed by atoms with E-state index in [9.17, 15) is 35.1 Å². The SMILES string of the molecule is C/C(=C\CO)CC/C=C(\C)C(=O)O[C@@]1(C)CC[C@]2(O)C(C=O)=CO[C@@H](O[C@@H]3O[C@H](CO)[C@@H](O)[C@H](O)[C@H]3O)[C@H]12. The Labute approximate surface area is 220 Å². The van der Waals surface area contributed by atoms with Gasteiger partial charge in [0.1, 0.15) is 35.6 Å². The summed E-state index contributed by atoms with van der Waals surface area (Å²) in [4.78, 5) is 24.7. The number of rotatable bonds is 10. The average molecular weight is 543 g/mol. The zero-order valence-corrected chi connectivity index (χ0v) is 21.7. The number of aliphatic hydroxyl groups excluding tert-OH is 5. The van der Waals surface area contributed by atoms with Gasteiger partial charge in [-0.25, -0.2) is 4.79 Å². The van der Waals surface area contributed by atoms with E-state index in [0.717, 1.165) is 11.8 Å². The highest BCUT2D eigenvalue weighted by atomic mass is 16.8. The molecule has 1 aliphatic carbocycles. The number of hydrogen-bond acceptors (Lipinski definition) is 12. The smallest absolute Gasteiger partial charge is 0.333 e. The second-order valence-electron chi connectivity index (χ2n) is 10.3. The molecule has 1 saturated carbocycles. The van der Waals surface area contributed by atoms with Gasteiger partial charge in [-0.1, -0.05) is 17.7 Å². The van der Waals surface area contributed by atoms with E-state index in [1.165, 1.54) is 0 Å². The molecule has 1 saturated heterocycles. The molecule has 0 amide bonds. The molecule has 2 fully saturated rings. The third-order valence-corrected chi connectivity index (χ3v) is 7.60. The molecule has 0 aromatic heterocycles. The lowest BCUT2D eigenvalue weighted by atomic mass is 9.77. The lowest BCUT2D eigenvalue weighted by Crippen LogP contribution is -2.62. The van der Waals surface area contributed by atoms with Crippen molar-refractivity contribution in [3.63, 3.8) is 0 Å². The Bertz CT molecular complexity index is 958. The lowest BCUT2D eigenvalue weighted by molar-refractivity contribution is -0.351. The molecule has 12 nitrogen and oxygen atoms in total. The summed E-state index contributed by atoms with van der Waals surface area (Å²) in [6.07, 6.45) is -3.03. The molecule has 3 rings (SSSR count). The average Bonchev–Trinajstić information content (AvgIpc) is 3.15. The Morgan fingerprint density at radius 1 is 1.11 bits per heavy atom. The first-order valence-corrected chi connectivity index (χ1v) is 12.6. The van der Waals surface area contributed by atoms with Crippen LogP contribution in [0.4, 0.5) is 0 Å². The quantitative estimate of drug-likeness (QED) is 0.0886. The minimum absolute atomic E-state index is 0.0395. The second-order valence-corrected chi connectivity index (χ2v) is 10.3. The summed E-state index contributed by atoms with van der Waals surface area (Å²) < 4.78 is 22.7. The van der Waals surface area contributed by atoms with Crippen LogP contribution in [0.15, 0.2) is 35.1 Å². The van der Waals surface area contributed by atoms with Gasteiger partial charge >= 0.3 is 5.97 Å². The van der Waals surface area contributed by atoms with Crippen LogP contribution in [-0.4, -0.2) is 104 Å². The highest BCUT2D eigenvalue weighted by Gasteiger charge is 2.64. The van der Waals surface area contributed by atoms with Crippen molar-refractivity contribution in [3.05, 3.63) is 35.1 Å². The van der Waals surface area contributed by atoms with Crippen molar-refractivity contribution in [2.75, 3.05) is 13.2 Å². The molecule has 12 heteroatoms. The zero-order valence-electron chi connectivity index (χ0n) is 21.7. The highest BCUT2D eigenvalue weighted by Crippen LogP contribution is 2.53. The van der Waals surface area contributed by atoms with Gasteiger partial charge in [0.15, 0.2) is 12.6 Å². The number of aliphatic hydroxyl groups is 6. The van der Waals surface area contributed by atoms with Gasteiger partial charge in [0.05, 0.1) is 31.0 Å². The minimum atomic E-state index is -1.79. The van der Waals surface area contributed by atoms with Crippen LogP contribution in [0.2, 0.25) is 0 Å². The molecule has 0 unspecified atom stereocenters. The van der Waals surface area contributed by atoms with Crippen molar-refractivity contribution in [3.8, 4) is 0 Å². The maximum Gasteiger partial charge on any atom is 0.333 e. The van der Waals surface area contributed by atoms with E-state index in [0.29, 0.717) is 24.7 Å². The van der Waals surface area contributed by atoms with Crippen LogP contribution >= 0.6 is 0 Å². The molecule has 0 aromatic rings. The molecule has 0 spiro atoms. The van der Waals surface area contributed by atoms with Crippen LogP contribution < -0.4 is 0 Å². The van der Waals surface area contributed by atoms with Gasteiger partial charge in [0.25, 0.3) is 0 Å². The van der Waals surface area contributed by atoms with E-state index < -0.39 is 66.7 Å². The third kappa shape index (κ3) is 6.02. The molecule has 2 aliphatic heterocycles. The number of carbonyl (C=O) groups excluding carboxylic acids is 2. The molecule has 0 aromatic carbocycles. The van der Waals surface area contributed by atoms with Gasteiger partial charge in [-0.3, -0.25) is 4.79 Å². The number of ether oxygens (including phenoxy) is 4. The first-order valence-electron chi connectivity index (χ1n) is 12.6. The summed E-state index contributed by atoms with van der Waals surface area (Å²) in [6, 6.07) is 0. The van der Waals surface area contributed by atoms with Crippen molar-refractivity contribution in [1.82, 2.24) is 0 Å². The van der Waals surface area contributed by atoms with Crippen molar-refractivity contribution in [2.24, 2.45) is 5.92 Å². The number of allylic oxidation sites excluding steroid dienone is 2. The summed E-state index contributed by atoms with van der Waals surface area (Å²) in [7, 11) is 0. The fourth-order valence-electron chi connectivity index (χ4n) is 5.23. The van der Waals surface area contributed by atoms with Gasteiger partial charge in [0.2, 0.25) is 6.29 Å². The normalized spacial score (nSPS) is 39.7. The molecule has 9 atom stereocenters. The molecule has 38 heavy (non-hydrogen) atoms.